The second-order valence-electron chi connectivity index (χ2n) is 6.46. The van der Waals surface area contributed by atoms with Crippen LogP contribution in [0.2, 0.25) is 0 Å². The number of carboxylic acid groups (broad SMARTS) is 1. The molecule has 1 unspecified atom stereocenters. The summed E-state index contributed by atoms with van der Waals surface area (Å²) < 4.78 is 2.14. The molecule has 4 heteroatoms. The van der Waals surface area contributed by atoms with E-state index in [1.165, 1.54) is 0 Å². The normalized spacial score (nSPS) is 13.1. The number of imidazole rings is 1. The highest BCUT2D eigenvalue weighted by Crippen LogP contribution is 2.26. The fourth-order valence-electron chi connectivity index (χ4n) is 2.30. The molecule has 112 valence electrons. The summed E-state index contributed by atoms with van der Waals surface area (Å²) in [4.78, 5) is 15.1. The van der Waals surface area contributed by atoms with Gasteiger partial charge in [0.15, 0.2) is 0 Å². The molecule has 4 nitrogen and oxygen atoms in total. The van der Waals surface area contributed by atoms with E-state index in [1.54, 1.807) is 6.92 Å². The zero-order chi connectivity index (χ0) is 15.6. The Balaban J connectivity index is 2.24. The summed E-state index contributed by atoms with van der Waals surface area (Å²) in [6.07, 6.45) is 4.25. The Bertz CT molecular complexity index is 621. The van der Waals surface area contributed by atoms with Gasteiger partial charge in [-0.05, 0) is 38.3 Å². The zero-order valence-corrected chi connectivity index (χ0v) is 13.0. The molecule has 0 amide bonds. The lowest BCUT2D eigenvalue weighted by Crippen LogP contribution is -2.21. The molecule has 1 atom stereocenters. The molecular formula is C17H22N2O2. The van der Waals surface area contributed by atoms with E-state index in [4.69, 9.17) is 5.11 Å². The standard InChI is InChI=1S/C17H22N2O2/c1-12(16(20)21)9-13-5-7-14(8-6-13)15-10-18-11-19(15)17(2,3)4/h5-8,10-12H,9H2,1-4H3,(H,20,21). The zero-order valence-electron chi connectivity index (χ0n) is 13.0. The molecule has 1 N–H and O–H groups in total. The van der Waals surface area contributed by atoms with Gasteiger partial charge in [0.05, 0.1) is 24.1 Å². The van der Waals surface area contributed by atoms with E-state index >= 15 is 0 Å². The number of hydrogen-bond donors (Lipinski definition) is 1. The number of rotatable bonds is 4. The lowest BCUT2D eigenvalue weighted by molar-refractivity contribution is -0.141. The van der Waals surface area contributed by atoms with Crippen LogP contribution in [0.4, 0.5) is 0 Å². The van der Waals surface area contributed by atoms with Crippen LogP contribution in [0.25, 0.3) is 11.3 Å². The smallest absolute Gasteiger partial charge is 0.306 e. The summed E-state index contributed by atoms with van der Waals surface area (Å²) in [7, 11) is 0. The Labute approximate surface area is 125 Å². The van der Waals surface area contributed by atoms with E-state index in [0.717, 1.165) is 16.8 Å². The van der Waals surface area contributed by atoms with Gasteiger partial charge in [-0.25, -0.2) is 4.98 Å². The van der Waals surface area contributed by atoms with E-state index in [0.29, 0.717) is 6.42 Å². The number of carboxylic acids is 1. The van der Waals surface area contributed by atoms with Gasteiger partial charge in [-0.15, -0.1) is 0 Å². The van der Waals surface area contributed by atoms with E-state index < -0.39 is 5.97 Å². The molecule has 0 aliphatic rings. The monoisotopic (exact) mass is 286 g/mol. The number of nitrogens with zero attached hydrogens (tertiary/aromatic N) is 2. The van der Waals surface area contributed by atoms with Crippen LogP contribution in [-0.2, 0) is 16.8 Å². The largest absolute Gasteiger partial charge is 0.481 e. The second kappa shape index (κ2) is 5.72. The summed E-state index contributed by atoms with van der Waals surface area (Å²) in [6, 6.07) is 8.05. The molecule has 0 radical (unpaired) electrons. The van der Waals surface area contributed by atoms with Crippen LogP contribution in [0.3, 0.4) is 0 Å². The van der Waals surface area contributed by atoms with Crippen molar-refractivity contribution in [3.8, 4) is 11.3 Å². The van der Waals surface area contributed by atoms with Gasteiger partial charge < -0.3 is 9.67 Å². The highest BCUT2D eigenvalue weighted by Gasteiger charge is 2.17. The molecule has 0 saturated heterocycles. The maximum atomic E-state index is 10.9. The highest BCUT2D eigenvalue weighted by atomic mass is 16.4. The molecule has 0 aliphatic carbocycles. The summed E-state index contributed by atoms with van der Waals surface area (Å²) in [6.45, 7) is 8.15. The number of aromatic nitrogens is 2. The first-order chi connectivity index (χ1) is 9.79. The minimum atomic E-state index is -0.759. The third-order valence-corrected chi connectivity index (χ3v) is 3.57. The molecule has 21 heavy (non-hydrogen) atoms. The van der Waals surface area contributed by atoms with Crippen molar-refractivity contribution in [1.82, 2.24) is 9.55 Å². The summed E-state index contributed by atoms with van der Waals surface area (Å²) in [5, 5.41) is 8.96. The molecule has 2 rings (SSSR count). The maximum Gasteiger partial charge on any atom is 0.306 e. The predicted molar refractivity (Wildman–Crippen MR) is 83.2 cm³/mol. The van der Waals surface area contributed by atoms with Crippen LogP contribution in [0.1, 0.15) is 33.3 Å². The molecule has 0 spiro atoms. The fourth-order valence-corrected chi connectivity index (χ4v) is 2.30. The van der Waals surface area contributed by atoms with E-state index in [2.05, 4.69) is 30.3 Å². The molecule has 2 aromatic rings. The second-order valence-corrected chi connectivity index (χ2v) is 6.46. The lowest BCUT2D eigenvalue weighted by Gasteiger charge is -2.23. The summed E-state index contributed by atoms with van der Waals surface area (Å²) >= 11 is 0. The van der Waals surface area contributed by atoms with Crippen molar-refractivity contribution in [2.75, 3.05) is 0 Å². The van der Waals surface area contributed by atoms with Crippen LogP contribution in [0.5, 0.6) is 0 Å². The quantitative estimate of drug-likeness (QED) is 0.934. The molecule has 1 aromatic carbocycles. The Morgan fingerprint density at radius 1 is 1.29 bits per heavy atom. The molecule has 0 aliphatic heterocycles. The molecular weight excluding hydrogens is 264 g/mol. The predicted octanol–water partition coefficient (Wildman–Crippen LogP) is 3.57. The van der Waals surface area contributed by atoms with Crippen LogP contribution < -0.4 is 0 Å². The number of carbonyl (C=O) groups is 1. The van der Waals surface area contributed by atoms with Crippen molar-refractivity contribution in [3.63, 3.8) is 0 Å². The van der Waals surface area contributed by atoms with Crippen molar-refractivity contribution in [2.45, 2.75) is 39.7 Å². The average molecular weight is 286 g/mol. The lowest BCUT2D eigenvalue weighted by atomic mass is 9.99. The van der Waals surface area contributed by atoms with E-state index in [9.17, 15) is 4.79 Å². The first-order valence-corrected chi connectivity index (χ1v) is 7.14. The molecule has 1 heterocycles. The van der Waals surface area contributed by atoms with Gasteiger partial charge in [-0.3, -0.25) is 4.79 Å². The number of aliphatic carboxylic acids is 1. The Morgan fingerprint density at radius 2 is 1.90 bits per heavy atom. The third-order valence-electron chi connectivity index (χ3n) is 3.57. The van der Waals surface area contributed by atoms with Crippen molar-refractivity contribution in [2.24, 2.45) is 5.92 Å². The Morgan fingerprint density at radius 3 is 2.43 bits per heavy atom. The van der Waals surface area contributed by atoms with Gasteiger partial charge >= 0.3 is 5.97 Å². The minimum Gasteiger partial charge on any atom is -0.481 e. The van der Waals surface area contributed by atoms with Gasteiger partial charge in [0, 0.05) is 5.54 Å². The fraction of sp³-hybridized carbons (Fsp3) is 0.412. The third kappa shape index (κ3) is 3.51. The van der Waals surface area contributed by atoms with E-state index in [-0.39, 0.29) is 11.5 Å². The summed E-state index contributed by atoms with van der Waals surface area (Å²) in [5.74, 6) is -1.12. The first-order valence-electron chi connectivity index (χ1n) is 7.14. The Hall–Kier alpha value is -2.10. The van der Waals surface area contributed by atoms with E-state index in [1.807, 2.05) is 36.8 Å². The van der Waals surface area contributed by atoms with Gasteiger partial charge in [-0.1, -0.05) is 31.2 Å². The first kappa shape index (κ1) is 15.3. The number of benzene rings is 1. The SMILES string of the molecule is CC(Cc1ccc(-c2cncn2C(C)(C)C)cc1)C(=O)O. The van der Waals surface area contributed by atoms with Crippen molar-refractivity contribution < 1.29 is 9.90 Å². The van der Waals surface area contributed by atoms with Crippen LogP contribution in [0.15, 0.2) is 36.8 Å². The van der Waals surface area contributed by atoms with Crippen LogP contribution >= 0.6 is 0 Å². The minimum absolute atomic E-state index is 0.0255. The Kier molecular flexibility index (Phi) is 4.16. The molecule has 0 fully saturated rings. The molecule has 0 saturated carbocycles. The van der Waals surface area contributed by atoms with Gasteiger partial charge in [-0.2, -0.15) is 0 Å². The maximum absolute atomic E-state index is 10.9. The number of hydrogen-bond acceptors (Lipinski definition) is 2. The van der Waals surface area contributed by atoms with Crippen LogP contribution in [0, 0.1) is 5.92 Å². The van der Waals surface area contributed by atoms with Crippen LogP contribution in [-0.4, -0.2) is 20.6 Å². The van der Waals surface area contributed by atoms with Gasteiger partial charge in [0.25, 0.3) is 0 Å². The van der Waals surface area contributed by atoms with Crippen molar-refractivity contribution in [3.05, 3.63) is 42.4 Å². The average Bonchev–Trinajstić information content (AvgIpc) is 2.88. The van der Waals surface area contributed by atoms with Crippen molar-refractivity contribution >= 4 is 5.97 Å². The topological polar surface area (TPSA) is 55.1 Å². The van der Waals surface area contributed by atoms with Gasteiger partial charge in [0.1, 0.15) is 0 Å². The highest BCUT2D eigenvalue weighted by molar-refractivity contribution is 5.70. The molecule has 0 bridgehead atoms. The summed E-state index contributed by atoms with van der Waals surface area (Å²) in [5.41, 5.74) is 3.17. The van der Waals surface area contributed by atoms with Gasteiger partial charge in [0.2, 0.25) is 0 Å². The molecule has 1 aromatic heterocycles. The van der Waals surface area contributed by atoms with Crippen molar-refractivity contribution in [1.29, 1.82) is 0 Å².